The molecule has 0 bridgehead atoms. The summed E-state index contributed by atoms with van der Waals surface area (Å²) in [5, 5.41) is 7.44. The Morgan fingerprint density at radius 2 is 1.92 bits per heavy atom. The van der Waals surface area contributed by atoms with Crippen LogP contribution in [0.25, 0.3) is 11.0 Å². The number of carbonyl (C=O) groups excluding carboxylic acids is 1. The van der Waals surface area contributed by atoms with Gasteiger partial charge < -0.3 is 20.1 Å². The molecule has 1 aliphatic heterocycles. The average Bonchev–Trinajstić information content (AvgIpc) is 3.30. The number of benzene rings is 2. The van der Waals surface area contributed by atoms with E-state index in [1.54, 1.807) is 19.3 Å². The van der Waals surface area contributed by atoms with Crippen LogP contribution < -0.4 is 14.9 Å². The Labute approximate surface area is 222 Å². The number of carbonyl (C=O) groups is 1. The third-order valence-corrected chi connectivity index (χ3v) is 7.91. The van der Waals surface area contributed by atoms with Gasteiger partial charge in [-0.25, -0.2) is 13.4 Å². The highest BCUT2D eigenvalue weighted by Crippen LogP contribution is 2.25. The van der Waals surface area contributed by atoms with E-state index in [-0.39, 0.29) is 11.9 Å². The van der Waals surface area contributed by atoms with Crippen molar-refractivity contribution in [3.8, 4) is 0 Å². The van der Waals surface area contributed by atoms with Crippen LogP contribution in [0, 0.1) is 0 Å². The Morgan fingerprint density at radius 3 is 2.66 bits per heavy atom. The normalized spacial score (nSPS) is 16.0. The quantitative estimate of drug-likeness (QED) is 0.376. The average molecular weight is 534 g/mol. The van der Waals surface area contributed by atoms with Crippen molar-refractivity contribution >= 4 is 44.3 Å². The lowest BCUT2D eigenvalue weighted by Crippen LogP contribution is -2.51. The maximum absolute atomic E-state index is 12.9. The molecule has 0 saturated carbocycles. The lowest BCUT2D eigenvalue weighted by molar-refractivity contribution is 0.0709. The largest absolute Gasteiger partial charge is 0.336 e. The molecule has 4 aromatic rings. The van der Waals surface area contributed by atoms with Gasteiger partial charge in [0.25, 0.3) is 5.91 Å². The van der Waals surface area contributed by atoms with Gasteiger partial charge in [0.15, 0.2) is 0 Å². The van der Waals surface area contributed by atoms with Crippen LogP contribution in [0.5, 0.6) is 0 Å². The summed E-state index contributed by atoms with van der Waals surface area (Å²) < 4.78 is 27.5. The van der Waals surface area contributed by atoms with Gasteiger partial charge in [0.05, 0.1) is 18.5 Å². The summed E-state index contributed by atoms with van der Waals surface area (Å²) in [6.07, 6.45) is 4.85. The predicted octanol–water partition coefficient (Wildman–Crippen LogP) is 3.05. The Bertz CT molecular complexity index is 1570. The number of fused-ring (bicyclic) bond motifs is 1. The van der Waals surface area contributed by atoms with Crippen molar-refractivity contribution in [2.75, 3.05) is 42.6 Å². The number of rotatable bonds is 7. The van der Waals surface area contributed by atoms with Gasteiger partial charge in [-0.15, -0.1) is 0 Å². The van der Waals surface area contributed by atoms with E-state index in [0.717, 1.165) is 28.8 Å². The fourth-order valence-corrected chi connectivity index (χ4v) is 5.13. The number of para-hydroxylation sites is 1. The maximum Gasteiger partial charge on any atom is 0.253 e. The molecule has 2 aromatic heterocycles. The van der Waals surface area contributed by atoms with E-state index in [1.165, 1.54) is 10.6 Å². The van der Waals surface area contributed by atoms with Crippen LogP contribution >= 0.6 is 0 Å². The molecule has 11 heteroatoms. The number of piperazine rings is 1. The summed E-state index contributed by atoms with van der Waals surface area (Å²) in [6, 6.07) is 17.0. The first-order valence-corrected chi connectivity index (χ1v) is 14.3. The fourth-order valence-electron chi connectivity index (χ4n) is 4.60. The molecular weight excluding hydrogens is 502 g/mol. The molecule has 1 fully saturated rings. The summed E-state index contributed by atoms with van der Waals surface area (Å²) in [5.41, 5.74) is 3.61. The van der Waals surface area contributed by atoms with Gasteiger partial charge in [-0.2, -0.15) is 4.98 Å². The van der Waals surface area contributed by atoms with Gasteiger partial charge in [-0.3, -0.25) is 9.10 Å². The number of amides is 1. The molecule has 2 N–H and O–H groups in total. The summed E-state index contributed by atoms with van der Waals surface area (Å²) in [6.45, 7) is 4.71. The van der Waals surface area contributed by atoms with E-state index >= 15 is 0 Å². The molecular formula is C27H31N7O3S. The number of aromatic nitrogens is 3. The third kappa shape index (κ3) is 5.48. The highest BCUT2D eigenvalue weighted by molar-refractivity contribution is 7.92. The number of sulfonamides is 1. The zero-order valence-corrected chi connectivity index (χ0v) is 22.4. The van der Waals surface area contributed by atoms with Crippen molar-refractivity contribution in [1.82, 2.24) is 24.8 Å². The van der Waals surface area contributed by atoms with E-state index in [1.807, 2.05) is 64.2 Å². The third-order valence-electron chi connectivity index (χ3n) is 6.72. The van der Waals surface area contributed by atoms with Gasteiger partial charge in [-0.05, 0) is 48.9 Å². The van der Waals surface area contributed by atoms with Crippen molar-refractivity contribution in [2.24, 2.45) is 0 Å². The van der Waals surface area contributed by atoms with Gasteiger partial charge in [-0.1, -0.05) is 18.2 Å². The zero-order chi connectivity index (χ0) is 26.9. The van der Waals surface area contributed by atoms with Crippen molar-refractivity contribution in [2.45, 2.75) is 19.5 Å². The molecule has 0 aliphatic carbocycles. The molecule has 0 spiro atoms. The van der Waals surface area contributed by atoms with E-state index in [0.29, 0.717) is 36.8 Å². The summed E-state index contributed by atoms with van der Waals surface area (Å²) in [5.74, 6) is 0.455. The molecule has 1 unspecified atom stereocenters. The zero-order valence-electron chi connectivity index (χ0n) is 21.6. The van der Waals surface area contributed by atoms with Crippen molar-refractivity contribution in [1.29, 1.82) is 0 Å². The van der Waals surface area contributed by atoms with E-state index in [2.05, 4.69) is 22.5 Å². The van der Waals surface area contributed by atoms with Crippen LogP contribution in [0.15, 0.2) is 67.0 Å². The maximum atomic E-state index is 12.9. The van der Waals surface area contributed by atoms with Crippen LogP contribution in [0.2, 0.25) is 0 Å². The first-order valence-electron chi connectivity index (χ1n) is 12.4. The molecule has 2 aromatic carbocycles. The van der Waals surface area contributed by atoms with Gasteiger partial charge in [0.1, 0.15) is 5.65 Å². The number of hydrogen-bond donors (Lipinski definition) is 2. The van der Waals surface area contributed by atoms with Gasteiger partial charge in [0.2, 0.25) is 16.0 Å². The second-order valence-corrected chi connectivity index (χ2v) is 11.6. The topological polar surface area (TPSA) is 112 Å². The lowest BCUT2D eigenvalue weighted by atomic mass is 10.1. The smallest absolute Gasteiger partial charge is 0.253 e. The minimum Gasteiger partial charge on any atom is -0.336 e. The molecule has 198 valence electrons. The summed E-state index contributed by atoms with van der Waals surface area (Å²) >= 11 is 0. The van der Waals surface area contributed by atoms with E-state index < -0.39 is 10.0 Å². The molecule has 5 rings (SSSR count). The number of anilines is 3. The number of nitrogens with zero attached hydrogens (tertiary/aromatic N) is 5. The highest BCUT2D eigenvalue weighted by atomic mass is 32.2. The minimum absolute atomic E-state index is 0.0298. The van der Waals surface area contributed by atoms with Crippen molar-refractivity contribution in [3.05, 3.63) is 78.1 Å². The first kappa shape index (κ1) is 25.7. The van der Waals surface area contributed by atoms with Crippen LogP contribution in [-0.4, -0.2) is 72.7 Å². The Kier molecular flexibility index (Phi) is 7.04. The Balaban J connectivity index is 1.34. The number of nitrogens with one attached hydrogen (secondary N) is 2. The van der Waals surface area contributed by atoms with Crippen LogP contribution in [0.3, 0.4) is 0 Å². The lowest BCUT2D eigenvalue weighted by Gasteiger charge is -2.32. The van der Waals surface area contributed by atoms with Crippen LogP contribution in [0.1, 0.15) is 22.8 Å². The standard InChI is InChI=1S/C27H31N7O3S/c1-19-17-34(15-13-28-19)26(35)20-8-10-23(11-9-20)30-27-29-16-21-12-14-33(25(21)31-27)18-22-6-4-5-7-24(22)32(2)38(3,36)37/h4-12,14,16,19,28H,13,15,17-18H2,1-3H3,(H,29,30,31). The molecule has 1 amide bonds. The van der Waals surface area contributed by atoms with E-state index in [4.69, 9.17) is 4.98 Å². The Hall–Kier alpha value is -3.96. The molecule has 1 aliphatic rings. The molecule has 0 radical (unpaired) electrons. The fraction of sp³-hybridized carbons (Fsp3) is 0.296. The van der Waals surface area contributed by atoms with Crippen LogP contribution in [0.4, 0.5) is 17.3 Å². The molecule has 1 atom stereocenters. The van der Waals surface area contributed by atoms with Gasteiger partial charge >= 0.3 is 0 Å². The molecule has 3 heterocycles. The predicted molar refractivity (Wildman–Crippen MR) is 149 cm³/mol. The summed E-state index contributed by atoms with van der Waals surface area (Å²) in [7, 11) is -1.85. The van der Waals surface area contributed by atoms with Crippen molar-refractivity contribution in [3.63, 3.8) is 0 Å². The molecule has 10 nitrogen and oxygen atoms in total. The number of hydrogen-bond acceptors (Lipinski definition) is 7. The second kappa shape index (κ2) is 10.4. The highest BCUT2D eigenvalue weighted by Gasteiger charge is 2.21. The van der Waals surface area contributed by atoms with Crippen molar-refractivity contribution < 1.29 is 13.2 Å². The minimum atomic E-state index is -3.40. The summed E-state index contributed by atoms with van der Waals surface area (Å²) in [4.78, 5) is 23.9. The van der Waals surface area contributed by atoms with Crippen LogP contribution in [-0.2, 0) is 16.6 Å². The molecule has 38 heavy (non-hydrogen) atoms. The second-order valence-electron chi connectivity index (χ2n) is 9.58. The van der Waals surface area contributed by atoms with Gasteiger partial charge in [0, 0.05) is 61.8 Å². The molecule has 1 saturated heterocycles. The first-order chi connectivity index (χ1) is 18.2. The Morgan fingerprint density at radius 1 is 1.16 bits per heavy atom. The van der Waals surface area contributed by atoms with E-state index in [9.17, 15) is 13.2 Å². The SMILES string of the molecule is CC1CN(C(=O)c2ccc(Nc3ncc4ccn(Cc5ccccc5N(C)S(C)(=O)=O)c4n3)cc2)CCN1. The monoisotopic (exact) mass is 533 g/mol.